The van der Waals surface area contributed by atoms with Gasteiger partial charge < -0.3 is 19.5 Å². The fourth-order valence-corrected chi connectivity index (χ4v) is 1.49. The Hall–Kier alpha value is -1.60. The van der Waals surface area contributed by atoms with E-state index < -0.39 is 24.5 Å². The summed E-state index contributed by atoms with van der Waals surface area (Å²) in [5, 5.41) is 18.1. The number of ether oxygens (including phenoxy) is 1. The van der Waals surface area contributed by atoms with E-state index in [-0.39, 0.29) is 18.9 Å². The van der Waals surface area contributed by atoms with Crippen LogP contribution in [0.4, 0.5) is 4.39 Å². The zero-order chi connectivity index (χ0) is 11.7. The summed E-state index contributed by atoms with van der Waals surface area (Å²) in [6.07, 6.45) is 0. The average molecular weight is 226 g/mol. The number of hydrogen-bond acceptors (Lipinski definition) is 4. The first-order chi connectivity index (χ1) is 7.59. The second-order valence-corrected chi connectivity index (χ2v) is 3.30. The van der Waals surface area contributed by atoms with Crippen LogP contribution >= 0.6 is 0 Å². The molecule has 1 aliphatic rings. The third kappa shape index (κ3) is 1.87. The van der Waals surface area contributed by atoms with Crippen LogP contribution in [0.15, 0.2) is 12.1 Å². The van der Waals surface area contributed by atoms with Gasteiger partial charge in [-0.2, -0.15) is 0 Å². The van der Waals surface area contributed by atoms with E-state index >= 15 is 0 Å². The first-order valence-electron chi connectivity index (χ1n) is 4.56. The number of rotatable bonds is 1. The van der Waals surface area contributed by atoms with Gasteiger partial charge in [-0.1, -0.05) is 6.07 Å². The van der Waals surface area contributed by atoms with Crippen LogP contribution in [0.2, 0.25) is 0 Å². The molecular formula is C9H8BFO5. The largest absolute Gasteiger partial charge is 0.550 e. The Balaban J connectivity index is 2.56. The highest BCUT2D eigenvalue weighted by molar-refractivity contribution is 6.43. The third-order valence-electron chi connectivity index (χ3n) is 2.17. The van der Waals surface area contributed by atoms with Crippen molar-refractivity contribution in [3.8, 4) is 5.75 Å². The number of carboxylic acids is 1. The molecule has 2 rings (SSSR count). The van der Waals surface area contributed by atoms with E-state index in [0.29, 0.717) is 5.56 Å². The molecule has 0 aliphatic carbocycles. The lowest BCUT2D eigenvalue weighted by Gasteiger charge is -2.11. The summed E-state index contributed by atoms with van der Waals surface area (Å²) in [4.78, 5) is 10.9. The molecule has 0 fully saturated rings. The first-order valence-corrected chi connectivity index (χ1v) is 4.56. The standard InChI is InChI=1S/C9H8BFO5/c11-6-2-1-5-3-15-4-10(14)16-8(5)7(6)9(12)13/h1-2,14H,3-4H2,(H,12,13). The molecule has 16 heavy (non-hydrogen) atoms. The van der Waals surface area contributed by atoms with Crippen LogP contribution in [0.1, 0.15) is 15.9 Å². The van der Waals surface area contributed by atoms with Gasteiger partial charge in [-0.05, 0) is 6.07 Å². The lowest BCUT2D eigenvalue weighted by Crippen LogP contribution is -2.27. The van der Waals surface area contributed by atoms with Gasteiger partial charge in [-0.3, -0.25) is 0 Å². The maximum Gasteiger partial charge on any atom is 0.550 e. The van der Waals surface area contributed by atoms with E-state index in [1.165, 1.54) is 6.07 Å². The molecule has 5 nitrogen and oxygen atoms in total. The highest BCUT2D eigenvalue weighted by Crippen LogP contribution is 2.29. The molecule has 84 valence electrons. The van der Waals surface area contributed by atoms with Crippen LogP contribution in [0.5, 0.6) is 5.75 Å². The number of aromatic carboxylic acids is 1. The molecule has 0 amide bonds. The smallest absolute Gasteiger partial charge is 0.534 e. The summed E-state index contributed by atoms with van der Waals surface area (Å²) in [6, 6.07) is 2.40. The molecule has 0 atom stereocenters. The molecule has 7 heteroatoms. The zero-order valence-electron chi connectivity index (χ0n) is 8.14. The van der Waals surface area contributed by atoms with Crippen LogP contribution in [-0.4, -0.2) is 29.7 Å². The van der Waals surface area contributed by atoms with Crippen molar-refractivity contribution < 1.29 is 28.7 Å². The van der Waals surface area contributed by atoms with Gasteiger partial charge in [0, 0.05) is 5.56 Å². The highest BCUT2D eigenvalue weighted by atomic mass is 19.1. The quantitative estimate of drug-likeness (QED) is 0.680. The predicted molar refractivity (Wildman–Crippen MR) is 51.6 cm³/mol. The van der Waals surface area contributed by atoms with E-state index in [9.17, 15) is 14.2 Å². The Morgan fingerprint density at radius 1 is 1.50 bits per heavy atom. The van der Waals surface area contributed by atoms with Crippen molar-refractivity contribution in [3.63, 3.8) is 0 Å². The minimum Gasteiger partial charge on any atom is -0.534 e. The molecule has 0 radical (unpaired) electrons. The normalized spacial score (nSPS) is 15.0. The maximum atomic E-state index is 13.3. The Kier molecular flexibility index (Phi) is 2.80. The minimum absolute atomic E-state index is 0.0763. The van der Waals surface area contributed by atoms with Crippen molar-refractivity contribution in [1.29, 1.82) is 0 Å². The van der Waals surface area contributed by atoms with Crippen molar-refractivity contribution in [2.24, 2.45) is 0 Å². The van der Waals surface area contributed by atoms with Gasteiger partial charge >= 0.3 is 13.1 Å². The topological polar surface area (TPSA) is 76.0 Å². The summed E-state index contributed by atoms with van der Waals surface area (Å²) in [5.74, 6) is -2.51. The second-order valence-electron chi connectivity index (χ2n) is 3.30. The lowest BCUT2D eigenvalue weighted by atomic mass is 9.93. The van der Waals surface area contributed by atoms with Crippen molar-refractivity contribution in [3.05, 3.63) is 29.1 Å². The molecule has 1 aromatic rings. The van der Waals surface area contributed by atoms with Gasteiger partial charge in [0.2, 0.25) is 0 Å². The van der Waals surface area contributed by atoms with E-state index in [2.05, 4.69) is 0 Å². The number of halogens is 1. The van der Waals surface area contributed by atoms with Crippen LogP contribution in [0, 0.1) is 5.82 Å². The molecule has 2 N–H and O–H groups in total. The van der Waals surface area contributed by atoms with Crippen molar-refractivity contribution >= 4 is 13.1 Å². The minimum atomic E-state index is -1.44. The molecule has 0 unspecified atom stereocenters. The van der Waals surface area contributed by atoms with Crippen molar-refractivity contribution in [2.75, 3.05) is 6.51 Å². The molecular weight excluding hydrogens is 218 g/mol. The molecule has 0 aromatic heterocycles. The fraction of sp³-hybridized carbons (Fsp3) is 0.222. The number of carboxylic acid groups (broad SMARTS) is 1. The van der Waals surface area contributed by atoms with E-state index in [1.807, 2.05) is 0 Å². The summed E-state index contributed by atoms with van der Waals surface area (Å²) in [6.45, 7) is -0.0116. The predicted octanol–water partition coefficient (Wildman–Crippen LogP) is 0.453. The first kappa shape index (κ1) is 10.9. The van der Waals surface area contributed by atoms with Crippen LogP contribution < -0.4 is 4.65 Å². The summed E-state index contributed by atoms with van der Waals surface area (Å²) < 4.78 is 23.3. The zero-order valence-corrected chi connectivity index (χ0v) is 8.14. The van der Waals surface area contributed by atoms with E-state index in [1.54, 1.807) is 0 Å². The average Bonchev–Trinajstić information content (AvgIpc) is 2.37. The van der Waals surface area contributed by atoms with E-state index in [0.717, 1.165) is 6.07 Å². The van der Waals surface area contributed by atoms with E-state index in [4.69, 9.17) is 14.5 Å². The lowest BCUT2D eigenvalue weighted by molar-refractivity contribution is 0.0689. The van der Waals surface area contributed by atoms with Gasteiger partial charge in [-0.15, -0.1) is 0 Å². The molecule has 1 aliphatic heterocycles. The molecule has 1 heterocycles. The SMILES string of the molecule is O=C(O)c1c(F)ccc2c1OB(O)COC2. The Labute approximate surface area is 90.6 Å². The van der Waals surface area contributed by atoms with Crippen LogP contribution in [0.25, 0.3) is 0 Å². The van der Waals surface area contributed by atoms with Crippen molar-refractivity contribution in [1.82, 2.24) is 0 Å². The Bertz CT molecular complexity index is 436. The van der Waals surface area contributed by atoms with Gasteiger partial charge in [0.05, 0.1) is 13.1 Å². The fourth-order valence-electron chi connectivity index (χ4n) is 1.49. The van der Waals surface area contributed by atoms with Gasteiger partial charge in [-0.25, -0.2) is 9.18 Å². The van der Waals surface area contributed by atoms with Gasteiger partial charge in [0.15, 0.2) is 0 Å². The molecule has 0 saturated carbocycles. The molecule has 1 aromatic carbocycles. The number of carbonyl (C=O) groups is 1. The molecule has 0 saturated heterocycles. The Morgan fingerprint density at radius 3 is 2.94 bits per heavy atom. The molecule has 0 bridgehead atoms. The number of benzene rings is 1. The molecule has 0 spiro atoms. The Morgan fingerprint density at radius 2 is 2.25 bits per heavy atom. The third-order valence-corrected chi connectivity index (χ3v) is 2.17. The second kappa shape index (κ2) is 4.11. The number of hydrogen-bond donors (Lipinski definition) is 2. The van der Waals surface area contributed by atoms with Crippen LogP contribution in [0.3, 0.4) is 0 Å². The summed E-state index contributed by atoms with van der Waals surface area (Å²) >= 11 is 0. The highest BCUT2D eigenvalue weighted by Gasteiger charge is 2.28. The van der Waals surface area contributed by atoms with Crippen molar-refractivity contribution in [2.45, 2.75) is 6.61 Å². The number of fused-ring (bicyclic) bond motifs is 1. The summed E-state index contributed by atoms with van der Waals surface area (Å²) in [5.41, 5.74) is -0.183. The van der Waals surface area contributed by atoms with Gasteiger partial charge in [0.25, 0.3) is 0 Å². The van der Waals surface area contributed by atoms with Gasteiger partial charge in [0.1, 0.15) is 17.1 Å². The maximum absolute atomic E-state index is 13.3. The summed E-state index contributed by atoms with van der Waals surface area (Å²) in [7, 11) is -1.29. The van der Waals surface area contributed by atoms with Crippen LogP contribution in [-0.2, 0) is 11.3 Å². The monoisotopic (exact) mass is 226 g/mol.